The van der Waals surface area contributed by atoms with Gasteiger partial charge in [-0.1, -0.05) is 24.3 Å². The topological polar surface area (TPSA) is 34.1 Å². The van der Waals surface area contributed by atoms with Crippen LogP contribution in [0.15, 0.2) is 77.7 Å². The third-order valence-electron chi connectivity index (χ3n) is 3.99. The van der Waals surface area contributed by atoms with Gasteiger partial charge < -0.3 is 0 Å². The fourth-order valence-electron chi connectivity index (χ4n) is 2.93. The van der Waals surface area contributed by atoms with Crippen LogP contribution in [0, 0.1) is 0 Å². The van der Waals surface area contributed by atoms with Crippen molar-refractivity contribution in [3.05, 3.63) is 72.8 Å². The Balaban J connectivity index is 2.04. The van der Waals surface area contributed by atoms with Crippen molar-refractivity contribution < 1.29 is 8.42 Å². The highest BCUT2D eigenvalue weighted by atomic mass is 32.2. The average Bonchev–Trinajstić information content (AvgIpc) is 2.89. The van der Waals surface area contributed by atoms with Crippen LogP contribution in [0.3, 0.4) is 0 Å². The summed E-state index contributed by atoms with van der Waals surface area (Å²) in [6.45, 7) is 0. The van der Waals surface area contributed by atoms with E-state index in [0.29, 0.717) is 4.90 Å². The van der Waals surface area contributed by atoms with Crippen LogP contribution in [0.1, 0.15) is 0 Å². The van der Waals surface area contributed by atoms with E-state index in [2.05, 4.69) is 48.5 Å². The SMILES string of the molecule is CS(=O)(=O)c1ccc(-[s+]2c3ccccc3c3ccccc32)cc1. The molecule has 0 saturated carbocycles. The molecule has 3 aromatic carbocycles. The van der Waals surface area contributed by atoms with Gasteiger partial charge in [0.15, 0.2) is 24.1 Å². The minimum Gasteiger partial charge on any atom is -0.224 e. The molecular weight excluding hydrogens is 324 g/mol. The van der Waals surface area contributed by atoms with Crippen LogP contribution in [0.4, 0.5) is 0 Å². The molecule has 0 aliphatic rings. The monoisotopic (exact) mass is 339 g/mol. The zero-order valence-corrected chi connectivity index (χ0v) is 14.2. The van der Waals surface area contributed by atoms with E-state index in [1.165, 1.54) is 26.4 Å². The molecule has 0 aliphatic carbocycles. The Morgan fingerprint density at radius 1 is 0.696 bits per heavy atom. The van der Waals surface area contributed by atoms with Crippen LogP contribution in [0.25, 0.3) is 25.1 Å². The largest absolute Gasteiger partial charge is 0.224 e. The van der Waals surface area contributed by atoms with Crippen molar-refractivity contribution in [2.75, 3.05) is 6.26 Å². The Labute approximate surface area is 137 Å². The molecule has 0 saturated heterocycles. The van der Waals surface area contributed by atoms with E-state index in [4.69, 9.17) is 0 Å². The van der Waals surface area contributed by atoms with E-state index in [9.17, 15) is 8.42 Å². The molecule has 1 heterocycles. The van der Waals surface area contributed by atoms with Crippen molar-refractivity contribution in [3.63, 3.8) is 0 Å². The first kappa shape index (κ1) is 14.4. The van der Waals surface area contributed by atoms with E-state index in [1.807, 2.05) is 12.1 Å². The summed E-state index contributed by atoms with van der Waals surface area (Å²) in [6, 6.07) is 24.2. The molecule has 0 spiro atoms. The lowest BCUT2D eigenvalue weighted by molar-refractivity contribution is 0.602. The molecule has 0 N–H and O–H groups in total. The van der Waals surface area contributed by atoms with Gasteiger partial charge in [-0.15, -0.1) is 0 Å². The molecule has 0 unspecified atom stereocenters. The first-order valence-corrected chi connectivity index (χ1v) is 10.4. The van der Waals surface area contributed by atoms with Gasteiger partial charge in [-0.2, -0.15) is 0 Å². The second-order valence-corrected chi connectivity index (χ2v) is 9.52. The predicted octanol–water partition coefficient (Wildman–Crippen LogP) is 5.13. The summed E-state index contributed by atoms with van der Waals surface area (Å²) in [7, 11) is -3.33. The lowest BCUT2D eigenvalue weighted by atomic mass is 10.2. The van der Waals surface area contributed by atoms with Crippen LogP contribution < -0.4 is 0 Å². The van der Waals surface area contributed by atoms with E-state index in [-0.39, 0.29) is 10.5 Å². The molecule has 114 valence electrons. The summed E-state index contributed by atoms with van der Waals surface area (Å²) in [5.41, 5.74) is 0. The molecule has 0 atom stereocenters. The van der Waals surface area contributed by atoms with Crippen molar-refractivity contribution >= 4 is 40.5 Å². The third kappa shape index (κ3) is 2.35. The molecule has 0 amide bonds. The smallest absolute Gasteiger partial charge is 0.187 e. The Bertz CT molecular complexity index is 1070. The first-order valence-electron chi connectivity index (χ1n) is 7.28. The van der Waals surface area contributed by atoms with Gasteiger partial charge in [-0.25, -0.2) is 8.42 Å². The maximum absolute atomic E-state index is 11.7. The fraction of sp³-hybridized carbons (Fsp3) is 0.0526. The lowest BCUT2D eigenvalue weighted by Crippen LogP contribution is -1.95. The average molecular weight is 339 g/mol. The molecule has 0 radical (unpaired) electrons. The molecule has 4 aromatic rings. The second-order valence-electron chi connectivity index (χ2n) is 5.54. The molecule has 4 rings (SSSR count). The standard InChI is InChI=1S/C19H15O2S2/c1-23(20,21)15-12-10-14(11-13-15)22-18-8-4-2-6-16(18)17-7-3-5-9-19(17)22/h2-13H,1H3/q+1. The maximum atomic E-state index is 11.7. The number of fused-ring (bicyclic) bond motifs is 3. The van der Waals surface area contributed by atoms with Gasteiger partial charge in [0.05, 0.1) is 4.90 Å². The summed E-state index contributed by atoms with van der Waals surface area (Å²) in [4.78, 5) is 1.51. The molecular formula is C19H15O2S2+. The third-order valence-corrected chi connectivity index (χ3v) is 7.46. The highest BCUT2D eigenvalue weighted by molar-refractivity contribution is 7.90. The Morgan fingerprint density at radius 3 is 1.65 bits per heavy atom. The summed E-state index contributed by atoms with van der Waals surface area (Å²) in [6.07, 6.45) is 1.24. The Kier molecular flexibility index (Phi) is 3.25. The number of sulfone groups is 1. The Morgan fingerprint density at radius 2 is 1.17 bits per heavy atom. The van der Waals surface area contributed by atoms with Crippen molar-refractivity contribution in [2.24, 2.45) is 0 Å². The van der Waals surface area contributed by atoms with Gasteiger partial charge in [0.1, 0.15) is 0 Å². The van der Waals surface area contributed by atoms with Gasteiger partial charge >= 0.3 is 0 Å². The lowest BCUT2D eigenvalue weighted by Gasteiger charge is -1.98. The minimum atomic E-state index is -3.16. The van der Waals surface area contributed by atoms with E-state index < -0.39 is 9.84 Å². The highest BCUT2D eigenvalue weighted by Gasteiger charge is 2.23. The van der Waals surface area contributed by atoms with Crippen LogP contribution in [-0.4, -0.2) is 14.7 Å². The molecule has 0 fully saturated rings. The predicted molar refractivity (Wildman–Crippen MR) is 98.4 cm³/mol. The van der Waals surface area contributed by atoms with Gasteiger partial charge in [0, 0.05) is 27.5 Å². The van der Waals surface area contributed by atoms with Crippen LogP contribution in [-0.2, 0) is 9.84 Å². The summed E-state index contributed by atoms with van der Waals surface area (Å²) >= 11 is 0. The minimum absolute atomic E-state index is 0.170. The van der Waals surface area contributed by atoms with E-state index in [1.54, 1.807) is 12.1 Å². The fourth-order valence-corrected chi connectivity index (χ4v) is 5.94. The molecule has 23 heavy (non-hydrogen) atoms. The number of rotatable bonds is 2. The normalized spacial score (nSPS) is 12.0. The number of hydrogen-bond donors (Lipinski definition) is 0. The number of thiophene rings is 1. The van der Waals surface area contributed by atoms with Gasteiger partial charge in [-0.05, 0) is 48.5 Å². The van der Waals surface area contributed by atoms with Gasteiger partial charge in [-0.3, -0.25) is 0 Å². The van der Waals surface area contributed by atoms with Crippen LogP contribution >= 0.6 is 10.5 Å². The van der Waals surface area contributed by atoms with Crippen molar-refractivity contribution in [1.29, 1.82) is 0 Å². The van der Waals surface area contributed by atoms with Crippen LogP contribution in [0.2, 0.25) is 0 Å². The van der Waals surface area contributed by atoms with Crippen molar-refractivity contribution in [3.8, 4) is 4.90 Å². The van der Waals surface area contributed by atoms with Crippen LogP contribution in [0.5, 0.6) is 0 Å². The number of benzene rings is 3. The zero-order valence-electron chi connectivity index (χ0n) is 12.6. The molecule has 4 heteroatoms. The zero-order chi connectivity index (χ0) is 16.0. The first-order chi connectivity index (χ1) is 11.1. The maximum Gasteiger partial charge on any atom is 0.187 e. The van der Waals surface area contributed by atoms with Crippen molar-refractivity contribution in [1.82, 2.24) is 0 Å². The summed E-state index contributed by atoms with van der Waals surface area (Å²) in [5.74, 6) is 0. The molecule has 2 nitrogen and oxygen atoms in total. The quantitative estimate of drug-likeness (QED) is 0.474. The molecule has 1 aromatic heterocycles. The second kappa shape index (κ2) is 5.18. The van der Waals surface area contributed by atoms with E-state index >= 15 is 0 Å². The summed E-state index contributed by atoms with van der Waals surface area (Å²) in [5, 5.41) is 2.55. The summed E-state index contributed by atoms with van der Waals surface area (Å²) < 4.78 is 25.9. The molecule has 0 aliphatic heterocycles. The van der Waals surface area contributed by atoms with E-state index in [0.717, 1.165) is 4.90 Å². The van der Waals surface area contributed by atoms with Crippen molar-refractivity contribution in [2.45, 2.75) is 4.90 Å². The van der Waals surface area contributed by atoms with Gasteiger partial charge in [0.2, 0.25) is 0 Å². The molecule has 0 bridgehead atoms. The number of hydrogen-bond acceptors (Lipinski definition) is 2. The highest BCUT2D eigenvalue weighted by Crippen LogP contribution is 2.48. The van der Waals surface area contributed by atoms with Gasteiger partial charge in [0.25, 0.3) is 0 Å². The Hall–Kier alpha value is -2.17.